The summed E-state index contributed by atoms with van der Waals surface area (Å²) in [5.41, 5.74) is 4.37. The number of Topliss-reactive ketones (excluding diaryl/α,β-unsaturated/α-hetero) is 1. The van der Waals surface area contributed by atoms with Crippen LogP contribution in [0.15, 0.2) is 33.7 Å². The van der Waals surface area contributed by atoms with E-state index in [0.29, 0.717) is 11.1 Å². The van der Waals surface area contributed by atoms with Crippen molar-refractivity contribution in [2.75, 3.05) is 0 Å². The van der Waals surface area contributed by atoms with Crippen LogP contribution >= 0.6 is 15.9 Å². The molecule has 0 aliphatic carbocycles. The van der Waals surface area contributed by atoms with Gasteiger partial charge in [0.15, 0.2) is 5.78 Å². The highest BCUT2D eigenvalue weighted by atomic mass is 79.9. The molecule has 0 atom stereocenters. The highest BCUT2D eigenvalue weighted by Crippen LogP contribution is 2.17. The molecule has 1 aromatic heterocycles. The van der Waals surface area contributed by atoms with Crippen molar-refractivity contribution in [3.63, 3.8) is 0 Å². The summed E-state index contributed by atoms with van der Waals surface area (Å²) >= 11 is 3.36. The Kier molecular flexibility index (Phi) is 4.47. The molecule has 0 spiro atoms. The van der Waals surface area contributed by atoms with E-state index in [9.17, 15) is 9.59 Å². The molecule has 0 unspecified atom stereocenters. The molecular weight excluding hydrogens is 330 g/mol. The minimum absolute atomic E-state index is 0.0461. The van der Waals surface area contributed by atoms with Gasteiger partial charge < -0.3 is 4.57 Å². The smallest absolute Gasteiger partial charge is 0.253 e. The highest BCUT2D eigenvalue weighted by Gasteiger charge is 2.13. The van der Waals surface area contributed by atoms with Crippen molar-refractivity contribution in [2.24, 2.45) is 0 Å². The van der Waals surface area contributed by atoms with Crippen molar-refractivity contribution in [1.82, 2.24) is 4.57 Å². The molecule has 0 amide bonds. The third kappa shape index (κ3) is 3.32. The second-order valence-corrected chi connectivity index (χ2v) is 6.36. The second-order valence-electron chi connectivity index (χ2n) is 5.45. The van der Waals surface area contributed by atoms with E-state index in [0.717, 1.165) is 15.6 Å². The van der Waals surface area contributed by atoms with Crippen LogP contribution in [0.2, 0.25) is 0 Å². The molecule has 0 N–H and O–H groups in total. The van der Waals surface area contributed by atoms with Gasteiger partial charge in [-0.1, -0.05) is 6.07 Å². The van der Waals surface area contributed by atoms with Crippen LogP contribution in [0, 0.1) is 27.7 Å². The zero-order valence-electron chi connectivity index (χ0n) is 12.7. The molecule has 4 heteroatoms. The number of carbonyl (C=O) groups excluding carboxylic acids is 1. The topological polar surface area (TPSA) is 39.1 Å². The molecule has 0 saturated carbocycles. The van der Waals surface area contributed by atoms with Crippen LogP contribution < -0.4 is 5.56 Å². The van der Waals surface area contributed by atoms with Crippen LogP contribution in [0.25, 0.3) is 0 Å². The van der Waals surface area contributed by atoms with Gasteiger partial charge >= 0.3 is 0 Å². The minimum Gasteiger partial charge on any atom is -0.306 e. The van der Waals surface area contributed by atoms with Gasteiger partial charge in [-0.3, -0.25) is 9.59 Å². The molecule has 110 valence electrons. The van der Waals surface area contributed by atoms with Crippen LogP contribution in [0.5, 0.6) is 0 Å². The Bertz CT molecular complexity index is 775. The summed E-state index contributed by atoms with van der Waals surface area (Å²) in [6, 6.07) is 5.67. The second kappa shape index (κ2) is 5.98. The SMILES string of the molecule is Cc1cc(C)c(C(=O)Cn2cc(Br)cc(C)c2=O)cc1C. The number of benzene rings is 1. The molecule has 3 nitrogen and oxygen atoms in total. The molecular formula is C17H18BrNO2. The average Bonchev–Trinajstić information content (AvgIpc) is 2.39. The lowest BCUT2D eigenvalue weighted by atomic mass is 9.98. The van der Waals surface area contributed by atoms with Crippen LogP contribution in [0.1, 0.15) is 32.6 Å². The van der Waals surface area contributed by atoms with Gasteiger partial charge in [-0.05, 0) is 72.4 Å². The highest BCUT2D eigenvalue weighted by molar-refractivity contribution is 9.10. The predicted octanol–water partition coefficient (Wildman–Crippen LogP) is 3.73. The van der Waals surface area contributed by atoms with Crippen molar-refractivity contribution in [3.05, 3.63) is 67.0 Å². The number of carbonyl (C=O) groups is 1. The maximum Gasteiger partial charge on any atom is 0.253 e. The monoisotopic (exact) mass is 347 g/mol. The lowest BCUT2D eigenvalue weighted by molar-refractivity contribution is 0.0970. The van der Waals surface area contributed by atoms with Crippen molar-refractivity contribution >= 4 is 21.7 Å². The number of ketones is 1. The number of aromatic nitrogens is 1. The summed E-state index contributed by atoms with van der Waals surface area (Å²) in [6.07, 6.45) is 1.66. The summed E-state index contributed by atoms with van der Waals surface area (Å²) in [5.74, 6) is -0.0461. The zero-order chi connectivity index (χ0) is 15.7. The van der Waals surface area contributed by atoms with Gasteiger partial charge in [0.1, 0.15) is 0 Å². The molecule has 0 aliphatic heterocycles. The third-order valence-corrected chi connectivity index (χ3v) is 4.12. The molecule has 2 rings (SSSR count). The van der Waals surface area contributed by atoms with Gasteiger partial charge in [0.05, 0.1) is 6.54 Å². The number of hydrogen-bond acceptors (Lipinski definition) is 2. The molecule has 1 heterocycles. The quantitative estimate of drug-likeness (QED) is 0.793. The van der Waals surface area contributed by atoms with Crippen molar-refractivity contribution in [2.45, 2.75) is 34.2 Å². The molecule has 0 bridgehead atoms. The summed E-state index contributed by atoms with van der Waals surface area (Å²) in [6.45, 7) is 7.74. The fraction of sp³-hybridized carbons (Fsp3) is 0.294. The van der Waals surface area contributed by atoms with E-state index < -0.39 is 0 Å². The van der Waals surface area contributed by atoms with Gasteiger partial charge in [-0.25, -0.2) is 0 Å². The summed E-state index contributed by atoms with van der Waals surface area (Å²) < 4.78 is 2.25. The van der Waals surface area contributed by atoms with Gasteiger partial charge in [-0.15, -0.1) is 0 Å². The summed E-state index contributed by atoms with van der Waals surface area (Å²) in [5, 5.41) is 0. The van der Waals surface area contributed by atoms with Gasteiger partial charge in [-0.2, -0.15) is 0 Å². The van der Waals surface area contributed by atoms with Crippen LogP contribution in [0.3, 0.4) is 0 Å². The third-order valence-electron chi connectivity index (χ3n) is 3.69. The van der Waals surface area contributed by atoms with E-state index in [2.05, 4.69) is 15.9 Å². The first-order valence-corrected chi connectivity index (χ1v) is 7.56. The summed E-state index contributed by atoms with van der Waals surface area (Å²) in [7, 11) is 0. The normalized spacial score (nSPS) is 10.7. The Labute approximate surface area is 132 Å². The first kappa shape index (κ1) is 15.7. The molecule has 0 radical (unpaired) electrons. The maximum absolute atomic E-state index is 12.5. The number of rotatable bonds is 3. The standard InChI is InChI=1S/C17H18BrNO2/c1-10-5-12(3)15(7-11(10)2)16(20)9-19-8-14(18)6-13(4)17(19)21/h5-8H,9H2,1-4H3. The molecule has 21 heavy (non-hydrogen) atoms. The van der Waals surface area contributed by atoms with Gasteiger partial charge in [0.2, 0.25) is 0 Å². The van der Waals surface area contributed by atoms with Crippen molar-refractivity contribution in [3.8, 4) is 0 Å². The lowest BCUT2D eigenvalue weighted by Gasteiger charge is -2.11. The first-order chi connectivity index (χ1) is 9.79. The van der Waals surface area contributed by atoms with E-state index in [4.69, 9.17) is 0 Å². The fourth-order valence-electron chi connectivity index (χ4n) is 2.36. The number of hydrogen-bond donors (Lipinski definition) is 0. The number of nitrogens with zero attached hydrogens (tertiary/aromatic N) is 1. The van der Waals surface area contributed by atoms with Crippen LogP contribution in [0.4, 0.5) is 0 Å². The average molecular weight is 348 g/mol. The zero-order valence-corrected chi connectivity index (χ0v) is 14.2. The van der Waals surface area contributed by atoms with E-state index in [-0.39, 0.29) is 17.9 Å². The molecule has 0 saturated heterocycles. The van der Waals surface area contributed by atoms with Crippen molar-refractivity contribution < 1.29 is 4.79 Å². The van der Waals surface area contributed by atoms with Gasteiger partial charge in [0.25, 0.3) is 5.56 Å². The Morgan fingerprint density at radius 1 is 1.00 bits per heavy atom. The minimum atomic E-state index is -0.131. The predicted molar refractivity (Wildman–Crippen MR) is 88.1 cm³/mol. The number of aryl methyl sites for hydroxylation is 4. The van der Waals surface area contributed by atoms with E-state index >= 15 is 0 Å². The van der Waals surface area contributed by atoms with Crippen molar-refractivity contribution in [1.29, 1.82) is 0 Å². The van der Waals surface area contributed by atoms with Gasteiger partial charge in [0, 0.05) is 21.8 Å². The number of halogens is 1. The largest absolute Gasteiger partial charge is 0.306 e. The lowest BCUT2D eigenvalue weighted by Crippen LogP contribution is -2.25. The number of pyridine rings is 1. The molecule has 1 aromatic carbocycles. The summed E-state index contributed by atoms with van der Waals surface area (Å²) in [4.78, 5) is 24.6. The van der Waals surface area contributed by atoms with E-state index in [1.54, 1.807) is 19.2 Å². The Balaban J connectivity index is 2.39. The molecule has 0 aliphatic rings. The Morgan fingerprint density at radius 3 is 2.29 bits per heavy atom. The maximum atomic E-state index is 12.5. The van der Waals surface area contributed by atoms with Crippen LogP contribution in [-0.4, -0.2) is 10.4 Å². The van der Waals surface area contributed by atoms with E-state index in [1.165, 1.54) is 10.1 Å². The molecule has 0 fully saturated rings. The van der Waals surface area contributed by atoms with E-state index in [1.807, 2.05) is 32.9 Å². The Morgan fingerprint density at radius 2 is 1.62 bits per heavy atom. The molecule has 2 aromatic rings. The first-order valence-electron chi connectivity index (χ1n) is 6.77. The Hall–Kier alpha value is -1.68. The van der Waals surface area contributed by atoms with Crippen LogP contribution in [-0.2, 0) is 6.54 Å². The fourth-order valence-corrected chi connectivity index (χ4v) is 2.95.